The van der Waals surface area contributed by atoms with Crippen LogP contribution in [-0.2, 0) is 6.54 Å². The summed E-state index contributed by atoms with van der Waals surface area (Å²) in [5.74, 6) is 0.270. The maximum absolute atomic E-state index is 12.2. The number of nitrogens with zero attached hydrogens (tertiary/aromatic N) is 1. The second-order valence-electron chi connectivity index (χ2n) is 5.41. The predicted octanol–water partition coefficient (Wildman–Crippen LogP) is 2.81. The highest BCUT2D eigenvalue weighted by molar-refractivity contribution is 5.28. The van der Waals surface area contributed by atoms with Crippen molar-refractivity contribution in [3.8, 4) is 5.75 Å². The second kappa shape index (κ2) is 7.13. The van der Waals surface area contributed by atoms with E-state index in [0.717, 1.165) is 31.6 Å². The van der Waals surface area contributed by atoms with Crippen molar-refractivity contribution in [3.63, 3.8) is 0 Å². The van der Waals surface area contributed by atoms with Gasteiger partial charge in [-0.05, 0) is 44.1 Å². The summed E-state index contributed by atoms with van der Waals surface area (Å²) >= 11 is 0. The van der Waals surface area contributed by atoms with Crippen LogP contribution in [0.4, 0.5) is 13.2 Å². The minimum absolute atomic E-state index is 0.270. The van der Waals surface area contributed by atoms with Crippen LogP contribution in [0.15, 0.2) is 24.3 Å². The summed E-state index contributed by atoms with van der Waals surface area (Å²) in [5, 5.41) is 3.28. The molecule has 1 aromatic carbocycles. The summed E-state index contributed by atoms with van der Waals surface area (Å²) in [6.07, 6.45) is -2.00. The van der Waals surface area contributed by atoms with Gasteiger partial charge in [0.05, 0.1) is 0 Å². The molecule has 1 aromatic rings. The Morgan fingerprint density at radius 1 is 1.38 bits per heavy atom. The van der Waals surface area contributed by atoms with Crippen LogP contribution in [0.2, 0.25) is 0 Å². The van der Waals surface area contributed by atoms with Crippen molar-refractivity contribution in [3.05, 3.63) is 29.8 Å². The van der Waals surface area contributed by atoms with E-state index >= 15 is 0 Å². The average molecular weight is 302 g/mol. The SMILES string of the molecule is CN[C@@H]1CCCN(Cc2cccc(OCC(F)(F)F)c2)C1. The molecule has 1 saturated heterocycles. The molecule has 1 aliphatic rings. The molecule has 1 heterocycles. The number of hydrogen-bond donors (Lipinski definition) is 1. The first-order chi connectivity index (χ1) is 9.96. The Kier molecular flexibility index (Phi) is 5.47. The van der Waals surface area contributed by atoms with Gasteiger partial charge >= 0.3 is 6.18 Å². The molecule has 21 heavy (non-hydrogen) atoms. The molecule has 0 radical (unpaired) electrons. The largest absolute Gasteiger partial charge is 0.484 e. The number of ether oxygens (including phenoxy) is 1. The van der Waals surface area contributed by atoms with Crippen LogP contribution < -0.4 is 10.1 Å². The number of likely N-dealkylation sites (tertiary alicyclic amines) is 1. The van der Waals surface area contributed by atoms with Gasteiger partial charge in [0.1, 0.15) is 5.75 Å². The molecule has 0 bridgehead atoms. The van der Waals surface area contributed by atoms with Crippen molar-refractivity contribution in [1.29, 1.82) is 0 Å². The molecule has 1 N–H and O–H groups in total. The number of hydrogen-bond acceptors (Lipinski definition) is 3. The summed E-state index contributed by atoms with van der Waals surface area (Å²) in [6.45, 7) is 1.47. The average Bonchev–Trinajstić information content (AvgIpc) is 2.45. The number of halogens is 3. The molecule has 1 aliphatic heterocycles. The van der Waals surface area contributed by atoms with Crippen LogP contribution in [0.1, 0.15) is 18.4 Å². The lowest BCUT2D eigenvalue weighted by Crippen LogP contribution is -2.43. The minimum Gasteiger partial charge on any atom is -0.484 e. The highest BCUT2D eigenvalue weighted by Gasteiger charge is 2.28. The monoisotopic (exact) mass is 302 g/mol. The van der Waals surface area contributed by atoms with Gasteiger partial charge in [-0.3, -0.25) is 4.90 Å². The van der Waals surface area contributed by atoms with Gasteiger partial charge in [0.2, 0.25) is 0 Å². The Bertz CT molecular complexity index is 451. The molecule has 6 heteroatoms. The van der Waals surface area contributed by atoms with Gasteiger partial charge in [-0.15, -0.1) is 0 Å². The zero-order valence-electron chi connectivity index (χ0n) is 12.1. The van der Waals surface area contributed by atoms with Crippen molar-refractivity contribution < 1.29 is 17.9 Å². The first-order valence-electron chi connectivity index (χ1n) is 7.14. The van der Waals surface area contributed by atoms with Gasteiger partial charge < -0.3 is 10.1 Å². The lowest BCUT2D eigenvalue weighted by Gasteiger charge is -2.32. The third kappa shape index (κ3) is 5.55. The number of nitrogens with one attached hydrogen (secondary N) is 1. The van der Waals surface area contributed by atoms with Crippen molar-refractivity contribution in [2.75, 3.05) is 26.7 Å². The first-order valence-corrected chi connectivity index (χ1v) is 7.14. The fourth-order valence-corrected chi connectivity index (χ4v) is 2.59. The molecule has 0 unspecified atom stereocenters. The molecular formula is C15H21F3N2O. The number of likely N-dealkylation sites (N-methyl/N-ethyl adjacent to an activating group) is 1. The highest BCUT2D eigenvalue weighted by atomic mass is 19.4. The molecule has 3 nitrogen and oxygen atoms in total. The molecule has 0 aliphatic carbocycles. The maximum atomic E-state index is 12.2. The normalized spacial score (nSPS) is 20.5. The van der Waals surface area contributed by atoms with Crippen LogP contribution >= 0.6 is 0 Å². The van der Waals surface area contributed by atoms with Gasteiger partial charge in [0.15, 0.2) is 6.61 Å². The van der Waals surface area contributed by atoms with E-state index in [-0.39, 0.29) is 5.75 Å². The lowest BCUT2D eigenvalue weighted by atomic mass is 10.1. The van der Waals surface area contributed by atoms with E-state index in [2.05, 4.69) is 10.2 Å². The van der Waals surface area contributed by atoms with E-state index < -0.39 is 12.8 Å². The molecule has 0 aromatic heterocycles. The van der Waals surface area contributed by atoms with Gasteiger partial charge in [-0.1, -0.05) is 12.1 Å². The fourth-order valence-electron chi connectivity index (χ4n) is 2.59. The van der Waals surface area contributed by atoms with Crippen molar-refractivity contribution in [1.82, 2.24) is 10.2 Å². The number of piperidine rings is 1. The Hall–Kier alpha value is -1.27. The van der Waals surface area contributed by atoms with Crippen molar-refractivity contribution >= 4 is 0 Å². The third-order valence-electron chi connectivity index (χ3n) is 3.62. The van der Waals surface area contributed by atoms with E-state index in [1.165, 1.54) is 6.42 Å². The van der Waals surface area contributed by atoms with Crippen LogP contribution in [-0.4, -0.2) is 43.9 Å². The quantitative estimate of drug-likeness (QED) is 0.905. The molecule has 118 valence electrons. The Morgan fingerprint density at radius 3 is 2.90 bits per heavy atom. The van der Waals surface area contributed by atoms with E-state index in [1.54, 1.807) is 18.2 Å². The van der Waals surface area contributed by atoms with Gasteiger partial charge in [-0.25, -0.2) is 0 Å². The Labute approximate surface area is 123 Å². The van der Waals surface area contributed by atoms with Crippen molar-refractivity contribution in [2.45, 2.75) is 31.6 Å². The van der Waals surface area contributed by atoms with E-state index in [4.69, 9.17) is 4.74 Å². The zero-order valence-corrected chi connectivity index (χ0v) is 12.1. The number of benzene rings is 1. The Balaban J connectivity index is 1.91. The highest BCUT2D eigenvalue weighted by Crippen LogP contribution is 2.21. The van der Waals surface area contributed by atoms with Gasteiger partial charge in [0, 0.05) is 19.1 Å². The summed E-state index contributed by atoms with van der Waals surface area (Å²) in [7, 11) is 1.96. The molecule has 2 rings (SSSR count). The lowest BCUT2D eigenvalue weighted by molar-refractivity contribution is -0.153. The van der Waals surface area contributed by atoms with E-state index in [0.29, 0.717) is 6.04 Å². The van der Waals surface area contributed by atoms with Crippen LogP contribution in [0.3, 0.4) is 0 Å². The van der Waals surface area contributed by atoms with E-state index in [1.807, 2.05) is 13.1 Å². The van der Waals surface area contributed by atoms with Gasteiger partial charge in [-0.2, -0.15) is 13.2 Å². The Morgan fingerprint density at radius 2 is 2.19 bits per heavy atom. The zero-order chi connectivity index (χ0) is 15.3. The molecule has 0 saturated carbocycles. The first kappa shape index (κ1) is 16.1. The van der Waals surface area contributed by atoms with Gasteiger partial charge in [0.25, 0.3) is 0 Å². The topological polar surface area (TPSA) is 24.5 Å². The minimum atomic E-state index is -4.30. The van der Waals surface area contributed by atoms with Crippen LogP contribution in [0, 0.1) is 0 Å². The molecular weight excluding hydrogens is 281 g/mol. The summed E-state index contributed by atoms with van der Waals surface area (Å²) < 4.78 is 41.3. The second-order valence-corrected chi connectivity index (χ2v) is 5.41. The molecule has 0 spiro atoms. The number of rotatable bonds is 5. The van der Waals surface area contributed by atoms with Crippen LogP contribution in [0.5, 0.6) is 5.75 Å². The molecule has 1 fully saturated rings. The van der Waals surface area contributed by atoms with E-state index in [9.17, 15) is 13.2 Å². The number of alkyl halides is 3. The maximum Gasteiger partial charge on any atom is 0.422 e. The standard InChI is InChI=1S/C15H21F3N2O/c1-19-13-5-3-7-20(10-13)9-12-4-2-6-14(8-12)21-11-15(16,17)18/h2,4,6,8,13,19H,3,5,7,9-11H2,1H3/t13-/m1/s1. The molecule has 0 amide bonds. The predicted molar refractivity (Wildman–Crippen MR) is 75.4 cm³/mol. The summed E-state index contributed by atoms with van der Waals surface area (Å²) in [5.41, 5.74) is 0.978. The fraction of sp³-hybridized carbons (Fsp3) is 0.600. The molecule has 1 atom stereocenters. The summed E-state index contributed by atoms with van der Waals surface area (Å²) in [4.78, 5) is 2.31. The summed E-state index contributed by atoms with van der Waals surface area (Å²) in [6, 6.07) is 7.39. The van der Waals surface area contributed by atoms with Crippen LogP contribution in [0.25, 0.3) is 0 Å². The van der Waals surface area contributed by atoms with Crippen molar-refractivity contribution in [2.24, 2.45) is 0 Å². The third-order valence-corrected chi connectivity index (χ3v) is 3.62. The smallest absolute Gasteiger partial charge is 0.422 e.